The van der Waals surface area contributed by atoms with Crippen molar-refractivity contribution < 1.29 is 19.8 Å². The van der Waals surface area contributed by atoms with Gasteiger partial charge in [0.25, 0.3) is 0 Å². The van der Waals surface area contributed by atoms with Crippen LogP contribution in [0.15, 0.2) is 29.6 Å². The van der Waals surface area contributed by atoms with Crippen molar-refractivity contribution in [2.75, 3.05) is 6.54 Å². The summed E-state index contributed by atoms with van der Waals surface area (Å²) in [6, 6.07) is 7.01. The minimum absolute atomic E-state index is 0.0883. The maximum absolute atomic E-state index is 11.6. The highest BCUT2D eigenvalue weighted by Crippen LogP contribution is 2.24. The molecular weight excluding hydrogens is 352 g/mol. The zero-order chi connectivity index (χ0) is 19.3. The molecule has 0 radical (unpaired) electrons. The van der Waals surface area contributed by atoms with Crippen LogP contribution in [0.4, 0.5) is 4.79 Å². The lowest BCUT2D eigenvalue weighted by molar-refractivity contribution is -0.143. The quantitative estimate of drug-likeness (QED) is 0.722. The summed E-state index contributed by atoms with van der Waals surface area (Å²) < 4.78 is 0. The molecule has 0 bridgehead atoms. The molecule has 0 saturated heterocycles. The van der Waals surface area contributed by atoms with E-state index in [0.29, 0.717) is 6.42 Å². The molecule has 0 saturated carbocycles. The van der Waals surface area contributed by atoms with Gasteiger partial charge in [0.15, 0.2) is 0 Å². The van der Waals surface area contributed by atoms with Crippen molar-refractivity contribution in [2.24, 2.45) is 5.92 Å². The summed E-state index contributed by atoms with van der Waals surface area (Å²) in [6.45, 7) is 5.89. The first-order chi connectivity index (χ1) is 12.3. The Balaban J connectivity index is 2.08. The van der Waals surface area contributed by atoms with E-state index < -0.39 is 18.1 Å². The van der Waals surface area contributed by atoms with Crippen molar-refractivity contribution in [1.29, 1.82) is 0 Å². The number of carboxylic acid groups (broad SMARTS) is 2. The predicted octanol–water partition coefficient (Wildman–Crippen LogP) is 4.14. The lowest BCUT2D eigenvalue weighted by Crippen LogP contribution is -2.46. The van der Waals surface area contributed by atoms with Gasteiger partial charge in [-0.15, -0.1) is 11.3 Å². The van der Waals surface area contributed by atoms with Crippen molar-refractivity contribution in [1.82, 2.24) is 9.88 Å². The van der Waals surface area contributed by atoms with Crippen LogP contribution in [0.2, 0.25) is 0 Å². The minimum Gasteiger partial charge on any atom is -0.480 e. The van der Waals surface area contributed by atoms with Gasteiger partial charge in [0.1, 0.15) is 11.0 Å². The standard InChI is InChI=1S/C19H24N2O4S/c1-12(2)10-16(18(22)23)21(19(24)25)9-8-15-11-26-17(20-15)14-6-4-13(3)5-7-14/h4-7,11-12,16H,8-10H2,1-3H3,(H,22,23)(H,24,25). The van der Waals surface area contributed by atoms with Crippen molar-refractivity contribution in [3.63, 3.8) is 0 Å². The number of aliphatic carboxylic acids is 1. The molecule has 0 aliphatic rings. The molecule has 6 nitrogen and oxygen atoms in total. The van der Waals surface area contributed by atoms with Crippen molar-refractivity contribution in [2.45, 2.75) is 39.7 Å². The Bertz CT molecular complexity index is 755. The minimum atomic E-state index is -1.22. The van der Waals surface area contributed by atoms with Gasteiger partial charge in [-0.3, -0.25) is 4.90 Å². The van der Waals surface area contributed by atoms with E-state index in [0.717, 1.165) is 21.2 Å². The van der Waals surface area contributed by atoms with E-state index in [2.05, 4.69) is 4.98 Å². The average Bonchev–Trinajstić information content (AvgIpc) is 3.02. The third kappa shape index (κ3) is 5.29. The summed E-state index contributed by atoms with van der Waals surface area (Å²) in [5, 5.41) is 21.6. The molecule has 1 aromatic heterocycles. The predicted molar refractivity (Wildman–Crippen MR) is 102 cm³/mol. The van der Waals surface area contributed by atoms with Gasteiger partial charge in [-0.05, 0) is 19.3 Å². The van der Waals surface area contributed by atoms with E-state index in [1.54, 1.807) is 0 Å². The molecule has 0 fully saturated rings. The molecule has 1 aromatic carbocycles. The zero-order valence-electron chi connectivity index (χ0n) is 15.2. The summed E-state index contributed by atoms with van der Waals surface area (Å²) in [4.78, 5) is 28.6. The van der Waals surface area contributed by atoms with Crippen LogP contribution in [-0.2, 0) is 11.2 Å². The number of nitrogens with zero attached hydrogens (tertiary/aromatic N) is 2. The number of hydrogen-bond acceptors (Lipinski definition) is 4. The van der Waals surface area contributed by atoms with E-state index in [1.807, 2.05) is 50.4 Å². The Hall–Kier alpha value is -2.41. The molecule has 0 aliphatic heterocycles. The maximum Gasteiger partial charge on any atom is 0.408 e. The lowest BCUT2D eigenvalue weighted by atomic mass is 10.0. The molecule has 1 unspecified atom stereocenters. The van der Waals surface area contributed by atoms with Gasteiger partial charge in [0.2, 0.25) is 0 Å². The number of aromatic nitrogens is 1. The van der Waals surface area contributed by atoms with Crippen molar-refractivity contribution in [3.05, 3.63) is 40.9 Å². The van der Waals surface area contributed by atoms with E-state index in [1.165, 1.54) is 16.9 Å². The molecule has 0 spiro atoms. The molecule has 1 atom stereocenters. The van der Waals surface area contributed by atoms with Crippen LogP contribution in [0.25, 0.3) is 10.6 Å². The molecule has 26 heavy (non-hydrogen) atoms. The number of hydrogen-bond donors (Lipinski definition) is 2. The molecule has 1 amide bonds. The largest absolute Gasteiger partial charge is 0.480 e. The fourth-order valence-electron chi connectivity index (χ4n) is 2.68. The maximum atomic E-state index is 11.6. The highest BCUT2D eigenvalue weighted by Gasteiger charge is 2.30. The fourth-order valence-corrected chi connectivity index (χ4v) is 3.54. The lowest BCUT2D eigenvalue weighted by Gasteiger charge is -2.27. The molecule has 1 heterocycles. The van der Waals surface area contributed by atoms with Crippen LogP contribution >= 0.6 is 11.3 Å². The zero-order valence-corrected chi connectivity index (χ0v) is 16.0. The first-order valence-corrected chi connectivity index (χ1v) is 9.39. The van der Waals surface area contributed by atoms with E-state index in [-0.39, 0.29) is 18.9 Å². The van der Waals surface area contributed by atoms with Gasteiger partial charge < -0.3 is 10.2 Å². The molecule has 2 rings (SSSR count). The number of amides is 1. The third-order valence-corrected chi connectivity index (χ3v) is 5.00. The smallest absolute Gasteiger partial charge is 0.408 e. The van der Waals surface area contributed by atoms with Crippen LogP contribution in [0.3, 0.4) is 0 Å². The summed E-state index contributed by atoms with van der Waals surface area (Å²) in [5.41, 5.74) is 2.96. The van der Waals surface area contributed by atoms with Crippen LogP contribution in [-0.4, -0.2) is 44.7 Å². The first-order valence-electron chi connectivity index (χ1n) is 8.51. The van der Waals surface area contributed by atoms with Crippen LogP contribution in [0.5, 0.6) is 0 Å². The molecule has 2 aromatic rings. The van der Waals surface area contributed by atoms with E-state index in [4.69, 9.17) is 0 Å². The fraction of sp³-hybridized carbons (Fsp3) is 0.421. The second-order valence-corrected chi connectivity index (χ2v) is 7.58. The van der Waals surface area contributed by atoms with Gasteiger partial charge in [-0.1, -0.05) is 43.7 Å². The SMILES string of the molecule is Cc1ccc(-c2nc(CCN(C(=O)O)C(CC(C)C)C(=O)O)cs2)cc1. The van der Waals surface area contributed by atoms with Crippen molar-refractivity contribution in [3.8, 4) is 10.6 Å². The second-order valence-electron chi connectivity index (χ2n) is 6.72. The van der Waals surface area contributed by atoms with Crippen molar-refractivity contribution >= 4 is 23.4 Å². The number of thiazole rings is 1. The summed E-state index contributed by atoms with van der Waals surface area (Å²) >= 11 is 1.50. The average molecular weight is 376 g/mol. The summed E-state index contributed by atoms with van der Waals surface area (Å²) in [6.07, 6.45) is -0.545. The van der Waals surface area contributed by atoms with E-state index >= 15 is 0 Å². The Morgan fingerprint density at radius 1 is 1.19 bits per heavy atom. The third-order valence-electron chi connectivity index (χ3n) is 4.06. The Kier molecular flexibility index (Phi) is 6.74. The molecule has 140 valence electrons. The summed E-state index contributed by atoms with van der Waals surface area (Å²) in [7, 11) is 0. The number of carboxylic acids is 1. The Labute approximate surface area is 157 Å². The van der Waals surface area contributed by atoms with E-state index in [9.17, 15) is 19.8 Å². The highest BCUT2D eigenvalue weighted by atomic mass is 32.1. The highest BCUT2D eigenvalue weighted by molar-refractivity contribution is 7.13. The summed E-state index contributed by atoms with van der Waals surface area (Å²) in [5.74, 6) is -1.02. The number of aryl methyl sites for hydroxylation is 1. The van der Waals surface area contributed by atoms with Crippen LogP contribution < -0.4 is 0 Å². The first kappa shape index (κ1) is 19.9. The van der Waals surface area contributed by atoms with Gasteiger partial charge >= 0.3 is 12.1 Å². The van der Waals surface area contributed by atoms with Crippen LogP contribution in [0.1, 0.15) is 31.5 Å². The normalized spacial score (nSPS) is 12.2. The monoisotopic (exact) mass is 376 g/mol. The second kappa shape index (κ2) is 8.80. The van der Waals surface area contributed by atoms with Crippen LogP contribution in [0, 0.1) is 12.8 Å². The number of rotatable bonds is 8. The number of carbonyl (C=O) groups is 2. The molecular formula is C19H24N2O4S. The topological polar surface area (TPSA) is 90.7 Å². The van der Waals surface area contributed by atoms with Gasteiger partial charge in [0, 0.05) is 23.9 Å². The molecule has 0 aliphatic carbocycles. The van der Waals surface area contributed by atoms with Gasteiger partial charge in [0.05, 0.1) is 5.69 Å². The number of benzene rings is 1. The van der Waals surface area contributed by atoms with Gasteiger partial charge in [-0.25, -0.2) is 14.6 Å². The molecule has 2 N–H and O–H groups in total. The molecule has 7 heteroatoms. The van der Waals surface area contributed by atoms with Gasteiger partial charge in [-0.2, -0.15) is 0 Å². The Morgan fingerprint density at radius 2 is 1.85 bits per heavy atom. The Morgan fingerprint density at radius 3 is 2.38 bits per heavy atom.